The summed E-state index contributed by atoms with van der Waals surface area (Å²) in [6.07, 6.45) is 0.941. The van der Waals surface area contributed by atoms with Crippen LogP contribution in [0, 0.1) is 5.92 Å². The van der Waals surface area contributed by atoms with E-state index in [-0.39, 0.29) is 0 Å². The first-order valence-electron chi connectivity index (χ1n) is 2.93. The zero-order valence-electron chi connectivity index (χ0n) is 5.53. The third kappa shape index (κ3) is 2.05. The fourth-order valence-electron chi connectivity index (χ4n) is 0.592. The number of hydrogen-bond acceptors (Lipinski definition) is 4. The minimum atomic E-state index is 0.626. The van der Waals surface area contributed by atoms with E-state index in [9.17, 15) is 0 Å². The van der Waals surface area contributed by atoms with Crippen LogP contribution in [0.3, 0.4) is 0 Å². The number of nitrogens with zero attached hydrogens (tertiary/aromatic N) is 3. The average molecular weight is 143 g/mol. The predicted molar refractivity (Wildman–Crippen MR) is 36.2 cm³/mol. The van der Waals surface area contributed by atoms with E-state index in [1.807, 2.05) is 0 Å². The Labute approximate surface area is 58.4 Å². The first kappa shape index (κ1) is 6.61. The Hall–Kier alpha value is -0.510. The van der Waals surface area contributed by atoms with E-state index in [1.165, 1.54) is 11.7 Å². The topological polar surface area (TPSA) is 38.7 Å². The Morgan fingerprint density at radius 3 is 2.78 bits per heavy atom. The molecule has 0 saturated carbocycles. The summed E-state index contributed by atoms with van der Waals surface area (Å²) in [7, 11) is 0. The summed E-state index contributed by atoms with van der Waals surface area (Å²) in [5.74, 6) is 1.50. The first-order valence-corrected chi connectivity index (χ1v) is 3.66. The summed E-state index contributed by atoms with van der Waals surface area (Å²) in [4.78, 5) is 0. The van der Waals surface area contributed by atoms with E-state index in [0.29, 0.717) is 5.92 Å². The lowest BCUT2D eigenvalue weighted by atomic mass is 10.1. The molecule has 0 saturated heterocycles. The molecule has 0 bridgehead atoms. The largest absolute Gasteiger partial charge is 0.166 e. The minimum absolute atomic E-state index is 0.626. The number of rotatable bonds is 2. The van der Waals surface area contributed by atoms with E-state index in [0.717, 1.165) is 12.2 Å². The molecule has 0 atom stereocenters. The molecular weight excluding hydrogens is 134 g/mol. The molecule has 9 heavy (non-hydrogen) atoms. The van der Waals surface area contributed by atoms with Crippen LogP contribution in [0.4, 0.5) is 0 Å². The monoisotopic (exact) mass is 143 g/mol. The van der Waals surface area contributed by atoms with Gasteiger partial charge in [-0.3, -0.25) is 0 Å². The molecule has 1 aromatic rings. The summed E-state index contributed by atoms with van der Waals surface area (Å²) in [6.45, 7) is 4.28. The van der Waals surface area contributed by atoms with Gasteiger partial charge in [-0.1, -0.05) is 18.3 Å². The van der Waals surface area contributed by atoms with Gasteiger partial charge >= 0.3 is 0 Å². The summed E-state index contributed by atoms with van der Waals surface area (Å²) in [5, 5.41) is 3.81. The van der Waals surface area contributed by atoms with Gasteiger partial charge in [0.05, 0.1) is 11.7 Å². The van der Waals surface area contributed by atoms with Crippen molar-refractivity contribution in [2.24, 2.45) is 5.92 Å². The molecule has 0 N–H and O–H groups in total. The molecule has 0 radical (unpaired) electrons. The Morgan fingerprint density at radius 1 is 1.56 bits per heavy atom. The highest BCUT2D eigenvalue weighted by molar-refractivity contribution is 6.98. The van der Waals surface area contributed by atoms with Crippen LogP contribution >= 0.6 is 11.7 Å². The van der Waals surface area contributed by atoms with Crippen molar-refractivity contribution in [2.75, 3.05) is 0 Å². The SMILES string of the molecule is CC(C)Cc1nnsn1. The van der Waals surface area contributed by atoms with E-state index in [2.05, 4.69) is 27.8 Å². The van der Waals surface area contributed by atoms with Crippen molar-refractivity contribution in [3.05, 3.63) is 5.82 Å². The second-order valence-electron chi connectivity index (χ2n) is 2.37. The van der Waals surface area contributed by atoms with Gasteiger partial charge in [-0.25, -0.2) is 0 Å². The zero-order valence-corrected chi connectivity index (χ0v) is 6.35. The molecule has 0 amide bonds. The first-order chi connectivity index (χ1) is 4.29. The molecule has 0 aliphatic heterocycles. The lowest BCUT2D eigenvalue weighted by Crippen LogP contribution is -1.95. The van der Waals surface area contributed by atoms with Crippen LogP contribution < -0.4 is 0 Å². The highest BCUT2D eigenvalue weighted by Crippen LogP contribution is 2.00. The van der Waals surface area contributed by atoms with E-state index in [4.69, 9.17) is 0 Å². The maximum absolute atomic E-state index is 3.98. The number of hydrogen-bond donors (Lipinski definition) is 0. The molecule has 0 aliphatic carbocycles. The van der Waals surface area contributed by atoms with E-state index >= 15 is 0 Å². The van der Waals surface area contributed by atoms with Crippen LogP contribution in [-0.4, -0.2) is 14.0 Å². The van der Waals surface area contributed by atoms with Gasteiger partial charge in [-0.2, -0.15) is 4.37 Å². The van der Waals surface area contributed by atoms with E-state index < -0.39 is 0 Å². The van der Waals surface area contributed by atoms with Gasteiger partial charge in [0.2, 0.25) is 0 Å². The van der Waals surface area contributed by atoms with Gasteiger partial charge in [0.1, 0.15) is 0 Å². The van der Waals surface area contributed by atoms with Gasteiger partial charge < -0.3 is 0 Å². The molecule has 50 valence electrons. The van der Waals surface area contributed by atoms with Crippen molar-refractivity contribution in [2.45, 2.75) is 20.3 Å². The van der Waals surface area contributed by atoms with Gasteiger partial charge in [0.15, 0.2) is 5.82 Å². The smallest absolute Gasteiger partial charge is 0.156 e. The van der Waals surface area contributed by atoms with Crippen LogP contribution in [0.2, 0.25) is 0 Å². The predicted octanol–water partition coefficient (Wildman–Crippen LogP) is 1.13. The van der Waals surface area contributed by atoms with Crippen molar-refractivity contribution in [3.63, 3.8) is 0 Å². The zero-order chi connectivity index (χ0) is 6.69. The summed E-state index contributed by atoms with van der Waals surface area (Å²) in [5.41, 5.74) is 0. The minimum Gasteiger partial charge on any atom is -0.156 e. The van der Waals surface area contributed by atoms with Crippen molar-refractivity contribution in [1.29, 1.82) is 0 Å². The summed E-state index contributed by atoms with van der Waals surface area (Å²) < 4.78 is 7.63. The molecule has 0 fully saturated rings. The summed E-state index contributed by atoms with van der Waals surface area (Å²) in [6, 6.07) is 0. The van der Waals surface area contributed by atoms with Crippen LogP contribution in [0.25, 0.3) is 0 Å². The van der Waals surface area contributed by atoms with Crippen LogP contribution in [0.15, 0.2) is 0 Å². The summed E-state index contributed by atoms with van der Waals surface area (Å²) >= 11 is 1.17. The van der Waals surface area contributed by atoms with Gasteiger partial charge in [0.25, 0.3) is 0 Å². The Balaban J connectivity index is 2.48. The highest BCUT2D eigenvalue weighted by Gasteiger charge is 2.00. The molecular formula is C5H9N3S. The van der Waals surface area contributed by atoms with Gasteiger partial charge in [-0.15, -0.1) is 5.10 Å². The van der Waals surface area contributed by atoms with Crippen molar-refractivity contribution < 1.29 is 0 Å². The molecule has 0 aromatic carbocycles. The molecule has 0 spiro atoms. The molecule has 1 aromatic heterocycles. The molecule has 1 heterocycles. The van der Waals surface area contributed by atoms with Crippen molar-refractivity contribution in [3.8, 4) is 0 Å². The molecule has 0 aliphatic rings. The molecule has 1 rings (SSSR count). The normalized spacial score (nSPS) is 10.6. The Bertz CT molecular complexity index is 159. The highest BCUT2D eigenvalue weighted by atomic mass is 32.1. The standard InChI is InChI=1S/C5H9N3S/c1-4(2)3-5-6-8-9-7-5/h4H,3H2,1-2H3. The van der Waals surface area contributed by atoms with Gasteiger partial charge in [-0.05, 0) is 5.92 Å². The van der Waals surface area contributed by atoms with Crippen molar-refractivity contribution >= 4 is 11.7 Å². The molecule has 0 unspecified atom stereocenters. The fourth-order valence-corrected chi connectivity index (χ4v) is 0.965. The van der Waals surface area contributed by atoms with Crippen molar-refractivity contribution in [1.82, 2.24) is 14.0 Å². The third-order valence-corrected chi connectivity index (χ3v) is 1.38. The Kier molecular flexibility index (Phi) is 2.10. The third-order valence-electron chi connectivity index (χ3n) is 0.930. The lowest BCUT2D eigenvalue weighted by Gasteiger charge is -1.95. The number of aromatic nitrogens is 3. The fraction of sp³-hybridized carbons (Fsp3) is 0.800. The molecule has 3 nitrogen and oxygen atoms in total. The Morgan fingerprint density at radius 2 is 2.33 bits per heavy atom. The maximum Gasteiger partial charge on any atom is 0.166 e. The quantitative estimate of drug-likeness (QED) is 0.623. The maximum atomic E-state index is 3.98. The second-order valence-corrected chi connectivity index (χ2v) is 2.88. The second kappa shape index (κ2) is 2.87. The average Bonchev–Trinajstić information content (AvgIpc) is 2.15. The van der Waals surface area contributed by atoms with Crippen LogP contribution in [0.1, 0.15) is 19.7 Å². The van der Waals surface area contributed by atoms with Gasteiger partial charge in [0, 0.05) is 6.42 Å². The van der Waals surface area contributed by atoms with Crippen LogP contribution in [0.5, 0.6) is 0 Å². The molecule has 4 heteroatoms. The van der Waals surface area contributed by atoms with Crippen LogP contribution in [-0.2, 0) is 6.42 Å². The van der Waals surface area contributed by atoms with E-state index in [1.54, 1.807) is 0 Å². The lowest BCUT2D eigenvalue weighted by molar-refractivity contribution is 0.623.